The number of rotatable bonds is 1. The molecule has 4 unspecified atom stereocenters. The monoisotopic (exact) mass is 1410 g/mol. The minimum absolute atomic E-state index is 0.208. The maximum Gasteiger partial charge on any atom is 0.227 e. The summed E-state index contributed by atoms with van der Waals surface area (Å²) in [6, 6.07) is 3.84. The fraction of sp³-hybridized carbons (Fsp3) is 0.923. The van der Waals surface area contributed by atoms with Gasteiger partial charge in [0.2, 0.25) is 24.2 Å². The first-order chi connectivity index (χ1) is 46.1. The lowest BCUT2D eigenvalue weighted by molar-refractivity contribution is 0.0739. The average molecular weight is 1410 g/mol. The number of allylic oxidation sites excluding steroid dienone is 1. The van der Waals surface area contributed by atoms with Crippen molar-refractivity contribution in [3.63, 3.8) is 0 Å². The van der Waals surface area contributed by atoms with E-state index in [-0.39, 0.29) is 5.41 Å². The van der Waals surface area contributed by atoms with E-state index in [0.717, 1.165) is 99.7 Å². The van der Waals surface area contributed by atoms with E-state index in [9.17, 15) is 17.6 Å². The molecule has 590 valence electrons. The predicted molar refractivity (Wildman–Crippen MR) is 437 cm³/mol. The number of hydrogen-bond donors (Lipinski definition) is 0. The fourth-order valence-electron chi connectivity index (χ4n) is 10.7. The van der Waals surface area contributed by atoms with E-state index < -0.39 is 24.7 Å². The zero-order valence-electron chi connectivity index (χ0n) is 73.8. The molecule has 12 aliphatic carbocycles. The van der Waals surface area contributed by atoms with Gasteiger partial charge in [-0.1, -0.05) is 282 Å². The molecule has 12 aliphatic rings. The first-order valence-electron chi connectivity index (χ1n) is 41.2. The van der Waals surface area contributed by atoms with Crippen molar-refractivity contribution in [1.82, 2.24) is 0 Å². The SMILES string of the molecule is C=C1CC(C(C)(C)C)C1.CC.CC.CC.CC.CC.CC.CC(C)(C)C1CC(C#N)C1.CC(C)(C)C1CC1F.CC1CC(C(C)(C)C)C1.CCC1CC(C(C)(C)C)C1.C[C@@H]1C[C@@H]1F.C[C@H]1C[C@@H]1F.C[C@H]1C[C@H]1F.[C-]#[N+]C1CC1C(C)(C)C.[C-]#[N+][C@@H]1C[C@@H]1C.[C-]#[N+][C@H]1C[C@@H]1C.[C-]#[N+][C@H]1C[C@H]1C. The third-order valence-electron chi connectivity index (χ3n) is 21.1. The molecule has 0 heterocycles. The van der Waals surface area contributed by atoms with E-state index in [0.29, 0.717) is 105 Å². The van der Waals surface area contributed by atoms with Crippen LogP contribution in [0.2, 0.25) is 0 Å². The molecule has 5 nitrogen and oxygen atoms in total. The molecule has 100 heavy (non-hydrogen) atoms. The van der Waals surface area contributed by atoms with Crippen LogP contribution in [0, 0.1) is 159 Å². The van der Waals surface area contributed by atoms with Gasteiger partial charge in [0.1, 0.15) is 24.7 Å². The molecule has 0 amide bonds. The van der Waals surface area contributed by atoms with Crippen molar-refractivity contribution in [3.8, 4) is 6.07 Å². The molecule has 12 fully saturated rings. The minimum Gasteiger partial charge on any atom is -0.313 e. The Hall–Kier alpha value is -3.09. The summed E-state index contributed by atoms with van der Waals surface area (Å²) in [6.45, 7) is 112. The van der Waals surface area contributed by atoms with Crippen molar-refractivity contribution in [3.05, 3.63) is 57.8 Å². The van der Waals surface area contributed by atoms with E-state index in [1.165, 1.54) is 50.5 Å². The lowest BCUT2D eigenvalue weighted by Crippen LogP contribution is -2.33. The molecule has 0 bridgehead atoms. The molecular weight excluding hydrogens is 1240 g/mol. The summed E-state index contributed by atoms with van der Waals surface area (Å²) in [5, 5.41) is 8.52. The summed E-state index contributed by atoms with van der Waals surface area (Å²) in [7, 11) is 0. The van der Waals surface area contributed by atoms with Crippen LogP contribution in [0.5, 0.6) is 0 Å². The molecule has 0 radical (unpaired) electrons. The van der Waals surface area contributed by atoms with E-state index in [2.05, 4.69) is 191 Å². The van der Waals surface area contributed by atoms with Gasteiger partial charge < -0.3 is 19.4 Å². The highest BCUT2D eigenvalue weighted by atomic mass is 19.1. The molecule has 12 saturated carbocycles. The predicted octanol–water partition coefficient (Wildman–Crippen LogP) is 31.1. The zero-order chi connectivity index (χ0) is 80.4. The van der Waals surface area contributed by atoms with Crippen LogP contribution in [-0.2, 0) is 0 Å². The normalized spacial score (nSPS) is 33.0. The number of alkyl halides is 4. The van der Waals surface area contributed by atoms with Crippen LogP contribution in [0.1, 0.15) is 372 Å². The quantitative estimate of drug-likeness (QED) is 0.147. The van der Waals surface area contributed by atoms with Gasteiger partial charge in [-0.15, -0.1) is 0 Å². The van der Waals surface area contributed by atoms with Gasteiger partial charge in [-0.25, -0.2) is 43.9 Å². The molecule has 16 atom stereocenters. The van der Waals surface area contributed by atoms with Crippen LogP contribution >= 0.6 is 0 Å². The van der Waals surface area contributed by atoms with Crippen LogP contribution in [0.4, 0.5) is 17.6 Å². The van der Waals surface area contributed by atoms with Gasteiger partial charge >= 0.3 is 0 Å². The highest BCUT2D eigenvalue weighted by molar-refractivity contribution is 5.10. The Morgan fingerprint density at radius 3 is 0.670 bits per heavy atom. The Balaban J connectivity index is -0.000000239. The molecule has 12 rings (SSSR count). The minimum atomic E-state index is -0.491. The van der Waals surface area contributed by atoms with E-state index >= 15 is 0 Å². The first-order valence-corrected chi connectivity index (χ1v) is 41.2. The fourth-order valence-corrected chi connectivity index (χ4v) is 10.7. The van der Waals surface area contributed by atoms with Crippen molar-refractivity contribution in [1.29, 1.82) is 5.26 Å². The van der Waals surface area contributed by atoms with Crippen LogP contribution in [-0.4, -0.2) is 48.9 Å². The molecule has 0 aromatic heterocycles. The maximum atomic E-state index is 12.3. The van der Waals surface area contributed by atoms with Gasteiger partial charge in [0.15, 0.2) is 0 Å². The number of nitriles is 1. The summed E-state index contributed by atoms with van der Waals surface area (Å²) in [4.78, 5) is 13.5. The number of hydrogen-bond acceptors (Lipinski definition) is 1. The highest BCUT2D eigenvalue weighted by Crippen LogP contribution is 2.50. The van der Waals surface area contributed by atoms with Gasteiger partial charge in [-0.05, 0) is 169 Å². The second-order valence-electron chi connectivity index (χ2n) is 36.6. The lowest BCUT2D eigenvalue weighted by atomic mass is 9.62. The molecule has 0 aromatic carbocycles. The van der Waals surface area contributed by atoms with Crippen LogP contribution < -0.4 is 0 Å². The van der Waals surface area contributed by atoms with Crippen molar-refractivity contribution in [2.45, 2.75) is 421 Å². The second kappa shape index (κ2) is 53.6. The smallest absolute Gasteiger partial charge is 0.227 e. The molecule has 0 aliphatic heterocycles. The lowest BCUT2D eigenvalue weighted by Gasteiger charge is -2.43. The highest BCUT2D eigenvalue weighted by Gasteiger charge is 2.51. The van der Waals surface area contributed by atoms with E-state index in [4.69, 9.17) is 31.6 Å². The first kappa shape index (κ1) is 108. The third kappa shape index (κ3) is 53.6. The van der Waals surface area contributed by atoms with Crippen LogP contribution in [0.15, 0.2) is 12.2 Å². The Morgan fingerprint density at radius 1 is 0.350 bits per heavy atom. The van der Waals surface area contributed by atoms with Crippen molar-refractivity contribution >= 4 is 0 Å². The van der Waals surface area contributed by atoms with Crippen molar-refractivity contribution in [2.75, 3.05) is 0 Å². The molecule has 0 spiro atoms. The van der Waals surface area contributed by atoms with Gasteiger partial charge in [0.05, 0.1) is 6.07 Å². The summed E-state index contributed by atoms with van der Waals surface area (Å²) in [5.41, 5.74) is 4.11. The average Bonchev–Trinajstić information content (AvgIpc) is 1.80. The standard InChI is InChI=1S/C10H20.C9H15N.C9H18.C9H16.C8H13N.C7H13F.3C5H7N.3C4H7F.6C2H6/c1-5-8-6-9(7-8)10(2,3)4;1-9(2,3)8-4-7(5-8)6-10;2*1-7-5-8(6-7)9(2,3)4;1-8(2,3)6-5-7(6)9-4;1-7(2,3)5-4-6(5)8;3*1-4-3-5(4)6-2;3*1-3-2-4(3)5;6*1-2/h8-9H,5-7H2,1-4H3;7-8H,4-5H2,1-3H3;7-8H,5-6H2,1-4H3;8H,1,5-6H2,2-4H3;6-7H,5H2,1-3H3;5-6H,4H2,1-3H3;3*4-5H,3H2,1H3;3*3-4H,2H2,1H3;6*1-2H3/t;;;;;;2*4-,5+;4-,5-;2*3-,4+;3-,4-;;;;;;/m......100100....../s1. The molecule has 0 aromatic rings. The third-order valence-corrected chi connectivity index (χ3v) is 21.1. The van der Waals surface area contributed by atoms with Gasteiger partial charge in [0, 0.05) is 55.3 Å². The largest absolute Gasteiger partial charge is 0.313 e. The van der Waals surface area contributed by atoms with Crippen molar-refractivity contribution in [2.24, 2.45) is 121 Å². The summed E-state index contributed by atoms with van der Waals surface area (Å²) >= 11 is 0. The van der Waals surface area contributed by atoms with E-state index in [1.54, 1.807) is 0 Å². The van der Waals surface area contributed by atoms with E-state index in [1.807, 2.05) is 104 Å². The maximum absolute atomic E-state index is 12.3. The Labute approximate surface area is 625 Å². The summed E-state index contributed by atoms with van der Waals surface area (Å²) < 4.78 is 46.8. The Bertz CT molecular complexity index is 2110. The summed E-state index contributed by atoms with van der Waals surface area (Å²) in [5.74, 6) is 10.5. The Morgan fingerprint density at radius 2 is 0.580 bits per heavy atom. The second-order valence-corrected chi connectivity index (χ2v) is 36.6. The van der Waals surface area contributed by atoms with Crippen LogP contribution in [0.25, 0.3) is 19.4 Å². The molecule has 9 heteroatoms. The number of halogens is 4. The van der Waals surface area contributed by atoms with Gasteiger partial charge in [-0.2, -0.15) is 5.26 Å². The van der Waals surface area contributed by atoms with Crippen molar-refractivity contribution < 1.29 is 17.6 Å². The van der Waals surface area contributed by atoms with Gasteiger partial charge in [0.25, 0.3) is 0 Å². The zero-order valence-corrected chi connectivity index (χ0v) is 73.8. The molecular formula is C91H173F4N5. The topological polar surface area (TPSA) is 41.2 Å². The Kier molecular flexibility index (Phi) is 57.9. The van der Waals surface area contributed by atoms with Gasteiger partial charge in [-0.3, -0.25) is 0 Å². The molecule has 0 saturated heterocycles. The number of nitrogens with zero attached hydrogens (tertiary/aromatic N) is 5. The molecule has 0 N–H and O–H groups in total. The van der Waals surface area contributed by atoms with Crippen LogP contribution in [0.3, 0.4) is 0 Å². The summed E-state index contributed by atoms with van der Waals surface area (Å²) in [6.07, 6.45) is 18.0.